The maximum Gasteiger partial charge on any atom is 0.410 e. The predicted molar refractivity (Wildman–Crippen MR) is 382 cm³/mol. The van der Waals surface area contributed by atoms with Gasteiger partial charge in [-0.2, -0.15) is 0 Å². The molecule has 2 saturated heterocycles. The minimum absolute atomic E-state index is 0.0604. The molecule has 7 rings (SSSR count). The molecule has 4 aromatic carbocycles. The number of likely N-dealkylation sites (tertiary alicyclic amines) is 1. The number of carbonyl (C=O) groups is 10. The Balaban J connectivity index is 0.937. The van der Waals surface area contributed by atoms with Crippen LogP contribution >= 0.6 is 0 Å². The number of hydrogen-bond donors (Lipinski definition) is 7. The third-order valence-electron chi connectivity index (χ3n) is 19.2. The molecule has 101 heavy (non-hydrogen) atoms. The number of morpholine rings is 1. The average Bonchev–Trinajstić information content (AvgIpc) is 1.78. The third kappa shape index (κ3) is 20.9. The Hall–Kier alpha value is -9.38. The molecule has 4 aromatic rings. The summed E-state index contributed by atoms with van der Waals surface area (Å²) in [7, 11) is 6.11. The van der Waals surface area contributed by atoms with E-state index in [2.05, 4.69) is 43.7 Å². The highest BCUT2D eigenvalue weighted by atomic mass is 16.6. The van der Waals surface area contributed by atoms with Gasteiger partial charge in [-0.15, -0.1) is 0 Å². The number of rotatable bonds is 32. The van der Waals surface area contributed by atoms with Crippen molar-refractivity contribution in [2.24, 2.45) is 29.4 Å². The summed E-state index contributed by atoms with van der Waals surface area (Å²) >= 11 is 0. The van der Waals surface area contributed by atoms with Crippen molar-refractivity contribution >= 4 is 70.8 Å². The van der Waals surface area contributed by atoms with Crippen molar-refractivity contribution in [3.05, 3.63) is 131 Å². The minimum Gasteiger partial charge on any atom is -0.445 e. The smallest absolute Gasteiger partial charge is 0.410 e. The van der Waals surface area contributed by atoms with Crippen LogP contribution in [-0.4, -0.2) is 176 Å². The number of nitrogens with zero attached hydrogens (tertiary/aromatic N) is 4. The molecule has 0 aliphatic carbocycles. The lowest BCUT2D eigenvalue weighted by atomic mass is 9.89. The van der Waals surface area contributed by atoms with E-state index in [1.807, 2.05) is 113 Å². The lowest BCUT2D eigenvalue weighted by Crippen LogP contribution is -2.61. The Kier molecular flexibility index (Phi) is 29.2. The van der Waals surface area contributed by atoms with Gasteiger partial charge in [0.05, 0.1) is 42.9 Å². The Labute approximate surface area is 593 Å². The molecule has 0 saturated carbocycles. The van der Waals surface area contributed by atoms with Crippen LogP contribution in [-0.2, 0) is 70.5 Å². The number of anilines is 2. The average molecular weight is 1390 g/mol. The Morgan fingerprint density at radius 3 is 2.03 bits per heavy atom. The van der Waals surface area contributed by atoms with Crippen molar-refractivity contribution in [1.82, 2.24) is 41.3 Å². The molecule has 0 bridgehead atoms. The van der Waals surface area contributed by atoms with Gasteiger partial charge in [-0.3, -0.25) is 43.3 Å². The van der Waals surface area contributed by atoms with Crippen molar-refractivity contribution in [2.45, 2.75) is 194 Å². The molecule has 25 heteroatoms. The summed E-state index contributed by atoms with van der Waals surface area (Å²) in [4.78, 5) is 145. The van der Waals surface area contributed by atoms with E-state index in [-0.39, 0.29) is 81.5 Å². The van der Waals surface area contributed by atoms with Crippen LogP contribution in [0, 0.1) is 35.5 Å². The van der Waals surface area contributed by atoms with E-state index in [1.54, 1.807) is 73.7 Å². The van der Waals surface area contributed by atoms with E-state index in [0.717, 1.165) is 16.7 Å². The maximum absolute atomic E-state index is 14.9. The number of carbonyl (C=O) groups excluding carboxylic acids is 10. The van der Waals surface area contributed by atoms with Crippen molar-refractivity contribution in [3.8, 4) is 11.8 Å². The number of methoxy groups -OCH3 is 2. The van der Waals surface area contributed by atoms with Crippen LogP contribution < -0.4 is 42.5 Å². The van der Waals surface area contributed by atoms with Crippen molar-refractivity contribution < 1.29 is 66.9 Å². The second-order valence-corrected chi connectivity index (χ2v) is 27.4. The number of nitrogens with one attached hydrogen (secondary N) is 6. The molecule has 4 unspecified atom stereocenters. The zero-order chi connectivity index (χ0) is 73.8. The summed E-state index contributed by atoms with van der Waals surface area (Å²) in [5, 5.41) is 16.9. The molecule has 8 N–H and O–H groups in total. The van der Waals surface area contributed by atoms with Gasteiger partial charge in [-0.1, -0.05) is 146 Å². The fourth-order valence-electron chi connectivity index (χ4n) is 13.5. The molecule has 3 aliphatic heterocycles. The van der Waals surface area contributed by atoms with Crippen LogP contribution in [0.1, 0.15) is 148 Å². The van der Waals surface area contributed by atoms with Crippen LogP contribution in [0.25, 0.3) is 0 Å². The van der Waals surface area contributed by atoms with Crippen LogP contribution in [0.3, 0.4) is 0 Å². The normalized spacial score (nSPS) is 18.8. The number of hydrogen-bond acceptors (Lipinski definition) is 14. The molecule has 0 radical (unpaired) electrons. The minimum atomic E-state index is -1.15. The van der Waals surface area contributed by atoms with Gasteiger partial charge in [-0.05, 0) is 103 Å². The number of benzene rings is 4. The highest BCUT2D eigenvalue weighted by Crippen LogP contribution is 2.34. The molecule has 3 heterocycles. The Morgan fingerprint density at radius 1 is 0.733 bits per heavy atom. The zero-order valence-corrected chi connectivity index (χ0v) is 60.5. The lowest BCUT2D eigenvalue weighted by molar-refractivity contribution is -0.173. The summed E-state index contributed by atoms with van der Waals surface area (Å²) in [6, 6.07) is 24.3. The molecular weight excluding hydrogens is 1290 g/mol. The fraction of sp³-hybridized carbons (Fsp3) is 0.526. The van der Waals surface area contributed by atoms with Crippen LogP contribution in [0.15, 0.2) is 103 Å². The predicted octanol–water partition coefficient (Wildman–Crippen LogP) is 7.09. The van der Waals surface area contributed by atoms with Gasteiger partial charge >= 0.3 is 12.1 Å². The van der Waals surface area contributed by atoms with Gasteiger partial charge in [0.1, 0.15) is 43.0 Å². The van der Waals surface area contributed by atoms with E-state index in [9.17, 15) is 47.9 Å². The fourth-order valence-corrected chi connectivity index (χ4v) is 13.5. The van der Waals surface area contributed by atoms with Crippen LogP contribution in [0.2, 0.25) is 0 Å². The quantitative estimate of drug-likeness (QED) is 0.0190. The van der Waals surface area contributed by atoms with Gasteiger partial charge in [0.15, 0.2) is 6.10 Å². The van der Waals surface area contributed by atoms with E-state index in [0.29, 0.717) is 48.3 Å². The highest BCUT2D eigenvalue weighted by Gasteiger charge is 2.48. The number of primary amides is 1. The number of nitrogens with two attached hydrogens (primary N) is 1. The van der Waals surface area contributed by atoms with E-state index >= 15 is 0 Å². The summed E-state index contributed by atoms with van der Waals surface area (Å²) in [5.74, 6) is 1.19. The summed E-state index contributed by atoms with van der Waals surface area (Å²) in [5.41, 5.74) is 9.99. The number of likely N-dealkylation sites (N-methyl/N-ethyl adjacent to an activating group) is 2. The molecule has 546 valence electrons. The first kappa shape index (κ1) is 79.0. The first-order valence-electron chi connectivity index (χ1n) is 35.0. The Bertz CT molecular complexity index is 3600. The van der Waals surface area contributed by atoms with Crippen molar-refractivity contribution in [1.29, 1.82) is 0 Å². The molecule has 11 amide bonds. The largest absolute Gasteiger partial charge is 0.445 e. The van der Waals surface area contributed by atoms with Gasteiger partial charge in [0, 0.05) is 71.1 Å². The molecule has 12 atom stereocenters. The summed E-state index contributed by atoms with van der Waals surface area (Å²) in [6.45, 7) is 17.0. The number of ether oxygens (including phenoxy) is 4. The summed E-state index contributed by atoms with van der Waals surface area (Å²) < 4.78 is 24.4. The zero-order valence-electron chi connectivity index (χ0n) is 60.5. The number of fused-ring (bicyclic) bond motifs is 2. The lowest BCUT2D eigenvalue weighted by Gasteiger charge is -2.42. The molecule has 25 nitrogen and oxygen atoms in total. The second kappa shape index (κ2) is 37.3. The second-order valence-electron chi connectivity index (χ2n) is 27.4. The van der Waals surface area contributed by atoms with Crippen LogP contribution in [0.4, 0.5) is 21.0 Å². The molecule has 3 aliphatic rings. The highest BCUT2D eigenvalue weighted by molar-refractivity contribution is 6.00. The summed E-state index contributed by atoms with van der Waals surface area (Å²) in [6.07, 6.45) is -2.14. The Morgan fingerprint density at radius 2 is 1.39 bits per heavy atom. The topological polar surface area (TPSA) is 319 Å². The molecule has 0 spiro atoms. The standard InChI is InChI=1S/C76H103N11O14/c1-14-48(8)66(59(98-12)42-62(90)86-41-23-31-58(86)68(99-13)69-73(94)79-49(9)67(101-69)53-26-16-15-17-27-53)84(10)74(95)64(46(4)5)83-72(93)65(47(6)7)85(11)76(97)100-44-50-32-36-55(37-33-50)80-70(91)56(29-22-40-78-75(77)96)81-71(92)63(45(2)3)82-60(88)38-39-61(89)87-43-54-28-19-18-24-51(54)34-35-52-25-20-21-30-57(52)87/h15-21,24-28,30,32-33,36-37,45-49,56,58-59,63-69H,14,22-23,29,31,38-44H2,1-13H3,(H,79,94)(H,80,91)(H,81,92)(H,82,88)(H,83,93)(H3,77,78,96)/t48?,49-,56?,58-,59-,63-,64+,65?,66?,67-,68+,69-/m1/s1. The van der Waals surface area contributed by atoms with E-state index in [1.165, 1.54) is 26.2 Å². The SMILES string of the molecule is CCC(C)C([C@@H](CC(=O)N1CCC[C@@H]1[C@H](OC)[C@H]1O[C@@H](c2ccccc2)[C@@H](C)NC1=O)OC)N(C)C(=O)[C@@H](NC(=O)C(C(C)C)N(C)C(=O)OCc1ccc(NC(=O)C(CCCNC(N)=O)NC(=O)[C@H](NC(=O)CCC(=O)N2Cc3ccccc3C#Cc3ccccc32)C(C)C)cc1)C(C)C. The molecular formula is C76H103N11O14. The number of para-hydroxylation sites is 1. The van der Waals surface area contributed by atoms with Gasteiger partial charge < -0.3 is 71.3 Å². The van der Waals surface area contributed by atoms with Crippen molar-refractivity contribution in [3.63, 3.8) is 0 Å². The maximum atomic E-state index is 14.9. The number of amides is 11. The monoisotopic (exact) mass is 1390 g/mol. The van der Waals surface area contributed by atoms with E-state index in [4.69, 9.17) is 24.7 Å². The third-order valence-corrected chi connectivity index (χ3v) is 19.2. The number of urea groups is 1. The van der Waals surface area contributed by atoms with Crippen LogP contribution in [0.5, 0.6) is 0 Å². The van der Waals surface area contributed by atoms with Crippen molar-refractivity contribution in [2.75, 3.05) is 51.6 Å². The molecule has 2 fully saturated rings. The first-order chi connectivity index (χ1) is 48.2. The van der Waals surface area contributed by atoms with Gasteiger partial charge in [0.25, 0.3) is 5.91 Å². The molecule has 0 aromatic heterocycles. The van der Waals surface area contributed by atoms with Gasteiger partial charge in [-0.25, -0.2) is 9.59 Å². The van der Waals surface area contributed by atoms with E-state index < -0.39 is 120 Å². The van der Waals surface area contributed by atoms with Gasteiger partial charge in [0.2, 0.25) is 41.4 Å². The first-order valence-corrected chi connectivity index (χ1v) is 35.0.